The Morgan fingerprint density at radius 1 is 1.40 bits per heavy atom. The molecule has 0 amide bonds. The Balaban J connectivity index is 2.87. The van der Waals surface area contributed by atoms with Gasteiger partial charge in [-0.2, -0.15) is 0 Å². The van der Waals surface area contributed by atoms with Crippen LogP contribution in [0.2, 0.25) is 0 Å². The summed E-state index contributed by atoms with van der Waals surface area (Å²) in [7, 11) is 1.64. The van der Waals surface area contributed by atoms with E-state index >= 15 is 0 Å². The highest BCUT2D eigenvalue weighted by Crippen LogP contribution is 2.25. The molecule has 0 radical (unpaired) electrons. The van der Waals surface area contributed by atoms with Gasteiger partial charge in [-0.05, 0) is 24.1 Å². The molecule has 2 atom stereocenters. The standard InChI is InChI=1S/C12H18FNO/c1-9(8-15-2)11(7-14)10-5-3-4-6-12(10)13/h3-6,9,11H,7-8,14H2,1-2H3. The molecule has 1 rings (SSSR count). The number of hydrogen-bond acceptors (Lipinski definition) is 2. The smallest absolute Gasteiger partial charge is 0.126 e. The van der Waals surface area contributed by atoms with Crippen LogP contribution < -0.4 is 5.73 Å². The van der Waals surface area contributed by atoms with Crippen LogP contribution in [0.3, 0.4) is 0 Å². The van der Waals surface area contributed by atoms with Crippen LogP contribution in [0.1, 0.15) is 18.4 Å². The van der Waals surface area contributed by atoms with Gasteiger partial charge in [0, 0.05) is 19.6 Å². The van der Waals surface area contributed by atoms with Crippen molar-refractivity contribution in [1.82, 2.24) is 0 Å². The minimum absolute atomic E-state index is 0.0196. The first-order valence-electron chi connectivity index (χ1n) is 5.14. The molecule has 0 aliphatic heterocycles. The van der Waals surface area contributed by atoms with Crippen molar-refractivity contribution in [3.05, 3.63) is 35.6 Å². The van der Waals surface area contributed by atoms with E-state index in [2.05, 4.69) is 0 Å². The summed E-state index contributed by atoms with van der Waals surface area (Å²) in [6.45, 7) is 3.05. The number of ether oxygens (including phenoxy) is 1. The SMILES string of the molecule is COCC(C)C(CN)c1ccccc1F. The van der Waals surface area contributed by atoms with Crippen LogP contribution in [0.25, 0.3) is 0 Å². The Bertz CT molecular complexity index is 303. The van der Waals surface area contributed by atoms with Crippen molar-refractivity contribution in [3.8, 4) is 0 Å². The van der Waals surface area contributed by atoms with Crippen molar-refractivity contribution in [3.63, 3.8) is 0 Å². The zero-order valence-corrected chi connectivity index (χ0v) is 9.24. The van der Waals surface area contributed by atoms with Gasteiger partial charge in [-0.25, -0.2) is 4.39 Å². The third kappa shape index (κ3) is 3.01. The summed E-state index contributed by atoms with van der Waals surface area (Å²) < 4.78 is 18.6. The first kappa shape index (κ1) is 12.1. The van der Waals surface area contributed by atoms with Crippen molar-refractivity contribution < 1.29 is 9.13 Å². The van der Waals surface area contributed by atoms with Gasteiger partial charge in [-0.15, -0.1) is 0 Å². The van der Waals surface area contributed by atoms with Crippen LogP contribution in [0.4, 0.5) is 4.39 Å². The second kappa shape index (κ2) is 5.83. The van der Waals surface area contributed by atoms with Crippen molar-refractivity contribution in [2.75, 3.05) is 20.3 Å². The summed E-state index contributed by atoms with van der Waals surface area (Å²) in [6, 6.07) is 6.78. The molecule has 0 bridgehead atoms. The van der Waals surface area contributed by atoms with Gasteiger partial charge in [0.25, 0.3) is 0 Å². The van der Waals surface area contributed by atoms with Gasteiger partial charge in [0.1, 0.15) is 5.82 Å². The minimum atomic E-state index is -0.184. The number of methoxy groups -OCH3 is 1. The lowest BCUT2D eigenvalue weighted by Crippen LogP contribution is -2.23. The monoisotopic (exact) mass is 211 g/mol. The molecule has 0 spiro atoms. The maximum absolute atomic E-state index is 13.5. The number of nitrogens with two attached hydrogens (primary N) is 1. The van der Waals surface area contributed by atoms with Crippen LogP contribution in [0.15, 0.2) is 24.3 Å². The summed E-state index contributed by atoms with van der Waals surface area (Å²) in [5.74, 6) is 0.0546. The topological polar surface area (TPSA) is 35.2 Å². The first-order chi connectivity index (χ1) is 7.20. The molecule has 0 aromatic heterocycles. The molecule has 2 N–H and O–H groups in total. The van der Waals surface area contributed by atoms with E-state index in [1.54, 1.807) is 19.2 Å². The largest absolute Gasteiger partial charge is 0.384 e. The van der Waals surface area contributed by atoms with E-state index in [4.69, 9.17) is 10.5 Å². The second-order valence-electron chi connectivity index (χ2n) is 3.80. The molecule has 0 fully saturated rings. The fraction of sp³-hybridized carbons (Fsp3) is 0.500. The molecule has 84 valence electrons. The third-order valence-corrected chi connectivity index (χ3v) is 2.68. The van der Waals surface area contributed by atoms with Gasteiger partial charge >= 0.3 is 0 Å². The summed E-state index contributed by atoms with van der Waals surface area (Å²) in [4.78, 5) is 0. The molecule has 2 unspecified atom stereocenters. The summed E-state index contributed by atoms with van der Waals surface area (Å²) in [5, 5.41) is 0. The predicted octanol–water partition coefficient (Wildman–Crippen LogP) is 2.15. The van der Waals surface area contributed by atoms with E-state index in [9.17, 15) is 4.39 Å². The van der Waals surface area contributed by atoms with E-state index in [0.717, 1.165) is 0 Å². The lowest BCUT2D eigenvalue weighted by molar-refractivity contribution is 0.147. The summed E-state index contributed by atoms with van der Waals surface area (Å²) in [6.07, 6.45) is 0. The Morgan fingerprint density at radius 2 is 2.07 bits per heavy atom. The number of rotatable bonds is 5. The highest BCUT2D eigenvalue weighted by Gasteiger charge is 2.20. The van der Waals surface area contributed by atoms with E-state index in [-0.39, 0.29) is 17.7 Å². The Morgan fingerprint density at radius 3 is 2.60 bits per heavy atom. The number of halogens is 1. The van der Waals surface area contributed by atoms with E-state index < -0.39 is 0 Å². The molecule has 0 aliphatic rings. The molecule has 0 saturated carbocycles. The van der Waals surface area contributed by atoms with E-state index in [1.807, 2.05) is 13.0 Å². The Labute approximate surface area is 90.2 Å². The average molecular weight is 211 g/mol. The fourth-order valence-corrected chi connectivity index (χ4v) is 1.82. The zero-order valence-electron chi connectivity index (χ0n) is 9.24. The van der Waals surface area contributed by atoms with Crippen molar-refractivity contribution in [1.29, 1.82) is 0 Å². The van der Waals surface area contributed by atoms with E-state index in [1.165, 1.54) is 6.07 Å². The maximum atomic E-state index is 13.5. The zero-order chi connectivity index (χ0) is 11.3. The number of hydrogen-bond donors (Lipinski definition) is 1. The molecule has 0 heterocycles. The van der Waals surface area contributed by atoms with Gasteiger partial charge in [0.05, 0.1) is 0 Å². The van der Waals surface area contributed by atoms with Crippen molar-refractivity contribution >= 4 is 0 Å². The van der Waals surface area contributed by atoms with Crippen LogP contribution in [0.5, 0.6) is 0 Å². The van der Waals surface area contributed by atoms with Crippen molar-refractivity contribution in [2.24, 2.45) is 11.7 Å². The molecule has 3 heteroatoms. The van der Waals surface area contributed by atoms with Crippen LogP contribution in [0, 0.1) is 11.7 Å². The Hall–Kier alpha value is -0.930. The van der Waals surface area contributed by atoms with Crippen LogP contribution in [-0.4, -0.2) is 20.3 Å². The lowest BCUT2D eigenvalue weighted by Gasteiger charge is -2.22. The lowest BCUT2D eigenvalue weighted by atomic mass is 9.87. The molecule has 1 aromatic rings. The summed E-state index contributed by atoms with van der Waals surface area (Å²) >= 11 is 0. The van der Waals surface area contributed by atoms with Gasteiger partial charge in [-0.3, -0.25) is 0 Å². The quantitative estimate of drug-likeness (QED) is 0.810. The molecular formula is C12H18FNO. The molecule has 0 saturated heterocycles. The van der Waals surface area contributed by atoms with Gasteiger partial charge < -0.3 is 10.5 Å². The Kier molecular flexibility index (Phi) is 4.72. The van der Waals surface area contributed by atoms with Crippen LogP contribution >= 0.6 is 0 Å². The summed E-state index contributed by atoms with van der Waals surface area (Å²) in [5.41, 5.74) is 6.37. The molecule has 15 heavy (non-hydrogen) atoms. The normalized spacial score (nSPS) is 14.9. The number of benzene rings is 1. The molecule has 2 nitrogen and oxygen atoms in total. The van der Waals surface area contributed by atoms with E-state index in [0.29, 0.717) is 18.7 Å². The van der Waals surface area contributed by atoms with Gasteiger partial charge in [0.15, 0.2) is 0 Å². The molecule has 1 aromatic carbocycles. The van der Waals surface area contributed by atoms with Gasteiger partial charge in [0.2, 0.25) is 0 Å². The third-order valence-electron chi connectivity index (χ3n) is 2.68. The maximum Gasteiger partial charge on any atom is 0.126 e. The van der Waals surface area contributed by atoms with Crippen molar-refractivity contribution in [2.45, 2.75) is 12.8 Å². The average Bonchev–Trinajstić information content (AvgIpc) is 2.22. The highest BCUT2D eigenvalue weighted by molar-refractivity contribution is 5.22. The van der Waals surface area contributed by atoms with Gasteiger partial charge in [-0.1, -0.05) is 25.1 Å². The minimum Gasteiger partial charge on any atom is -0.384 e. The van der Waals surface area contributed by atoms with Crippen LogP contribution in [-0.2, 0) is 4.74 Å². The second-order valence-corrected chi connectivity index (χ2v) is 3.80. The highest BCUT2D eigenvalue weighted by atomic mass is 19.1. The predicted molar refractivity (Wildman–Crippen MR) is 59.2 cm³/mol. The first-order valence-corrected chi connectivity index (χ1v) is 5.14. The molecular weight excluding hydrogens is 193 g/mol. The fourth-order valence-electron chi connectivity index (χ4n) is 1.82. The molecule has 0 aliphatic carbocycles.